The van der Waals surface area contributed by atoms with Crippen molar-refractivity contribution >= 4 is 15.8 Å². The van der Waals surface area contributed by atoms with E-state index in [1.807, 2.05) is 14.0 Å². The highest BCUT2D eigenvalue weighted by atomic mass is 32.2. The number of nitrogens with zero attached hydrogens (tertiary/aromatic N) is 2. The van der Waals surface area contributed by atoms with E-state index in [1.165, 1.54) is 12.3 Å². The predicted molar refractivity (Wildman–Crippen MR) is 79.2 cm³/mol. The summed E-state index contributed by atoms with van der Waals surface area (Å²) in [6.45, 7) is 4.43. The van der Waals surface area contributed by atoms with E-state index in [4.69, 9.17) is 0 Å². The van der Waals surface area contributed by atoms with Gasteiger partial charge in [-0.15, -0.1) is 0 Å². The number of hydrogen-bond acceptors (Lipinski definition) is 5. The molecule has 0 spiro atoms. The van der Waals surface area contributed by atoms with Crippen LogP contribution in [0.3, 0.4) is 0 Å². The molecule has 1 aliphatic heterocycles. The van der Waals surface area contributed by atoms with Gasteiger partial charge in [0.2, 0.25) is 10.0 Å². The van der Waals surface area contributed by atoms with E-state index in [2.05, 4.69) is 19.9 Å². The van der Waals surface area contributed by atoms with Gasteiger partial charge in [-0.05, 0) is 39.4 Å². The number of rotatable bonds is 5. The van der Waals surface area contributed by atoms with Gasteiger partial charge in [0.15, 0.2) is 0 Å². The Balaban J connectivity index is 2.11. The zero-order valence-corrected chi connectivity index (χ0v) is 12.8. The molecule has 0 radical (unpaired) electrons. The standard InChI is InChI=1S/C13H22N4O2S/c1-3-14-13-9-12(6-7-15-13)20(18,19)16-11-5-4-8-17(2)10-11/h6-7,9,11,16H,3-5,8,10H2,1-2H3,(H,14,15). The number of anilines is 1. The molecule has 1 saturated heterocycles. The highest BCUT2D eigenvalue weighted by molar-refractivity contribution is 7.89. The maximum atomic E-state index is 12.4. The summed E-state index contributed by atoms with van der Waals surface area (Å²) in [5.74, 6) is 0.580. The predicted octanol–water partition coefficient (Wildman–Crippen LogP) is 0.886. The van der Waals surface area contributed by atoms with Crippen LogP contribution in [0.1, 0.15) is 19.8 Å². The summed E-state index contributed by atoms with van der Waals surface area (Å²) in [5.41, 5.74) is 0. The zero-order chi connectivity index (χ0) is 14.6. The van der Waals surface area contributed by atoms with Crippen molar-refractivity contribution in [3.05, 3.63) is 18.3 Å². The van der Waals surface area contributed by atoms with Gasteiger partial charge in [0.25, 0.3) is 0 Å². The van der Waals surface area contributed by atoms with Crippen molar-refractivity contribution in [2.24, 2.45) is 0 Å². The lowest BCUT2D eigenvalue weighted by Crippen LogP contribution is -2.46. The Morgan fingerprint density at radius 1 is 1.50 bits per heavy atom. The van der Waals surface area contributed by atoms with Crippen LogP contribution in [-0.4, -0.2) is 51.0 Å². The maximum Gasteiger partial charge on any atom is 0.241 e. The van der Waals surface area contributed by atoms with E-state index in [0.29, 0.717) is 12.4 Å². The molecule has 0 saturated carbocycles. The lowest BCUT2D eigenvalue weighted by Gasteiger charge is -2.29. The van der Waals surface area contributed by atoms with E-state index >= 15 is 0 Å². The third-order valence-corrected chi connectivity index (χ3v) is 4.86. The largest absolute Gasteiger partial charge is 0.370 e. The first-order valence-electron chi connectivity index (χ1n) is 6.92. The van der Waals surface area contributed by atoms with Gasteiger partial charge in [-0.2, -0.15) is 0 Å². The smallest absolute Gasteiger partial charge is 0.241 e. The number of likely N-dealkylation sites (N-methyl/N-ethyl adjacent to an activating group) is 1. The SMILES string of the molecule is CCNc1cc(S(=O)(=O)NC2CCCN(C)C2)ccn1. The molecule has 1 aromatic rings. The van der Waals surface area contributed by atoms with E-state index in [-0.39, 0.29) is 10.9 Å². The molecule has 112 valence electrons. The fraction of sp³-hybridized carbons (Fsp3) is 0.615. The Hall–Kier alpha value is -1.18. The third kappa shape index (κ3) is 3.91. The molecule has 2 N–H and O–H groups in total. The minimum atomic E-state index is -3.48. The van der Waals surface area contributed by atoms with Gasteiger partial charge >= 0.3 is 0 Å². The maximum absolute atomic E-state index is 12.4. The van der Waals surface area contributed by atoms with Crippen LogP contribution in [0.5, 0.6) is 0 Å². The highest BCUT2D eigenvalue weighted by Gasteiger charge is 2.24. The molecule has 7 heteroatoms. The summed E-state index contributed by atoms with van der Waals surface area (Å²) in [6, 6.07) is 3.07. The Morgan fingerprint density at radius 3 is 3.00 bits per heavy atom. The summed E-state index contributed by atoms with van der Waals surface area (Å²) in [5, 5.41) is 3.02. The molecule has 2 rings (SSSR count). The molecule has 0 amide bonds. The Bertz CT molecular complexity index is 547. The van der Waals surface area contributed by atoms with Crippen LogP contribution in [0.4, 0.5) is 5.82 Å². The van der Waals surface area contributed by atoms with Gasteiger partial charge in [0.1, 0.15) is 5.82 Å². The molecule has 1 fully saturated rings. The highest BCUT2D eigenvalue weighted by Crippen LogP contribution is 2.15. The van der Waals surface area contributed by atoms with Gasteiger partial charge in [-0.25, -0.2) is 18.1 Å². The molecule has 0 bridgehead atoms. The second kappa shape index (κ2) is 6.51. The molecule has 1 aliphatic rings. The molecule has 2 heterocycles. The zero-order valence-electron chi connectivity index (χ0n) is 12.0. The number of piperidine rings is 1. The molecular formula is C13H22N4O2S. The Labute approximate surface area is 120 Å². The molecule has 6 nitrogen and oxygen atoms in total. The molecule has 0 aliphatic carbocycles. The normalized spacial score (nSPS) is 20.8. The first kappa shape index (κ1) is 15.2. The molecule has 1 aromatic heterocycles. The van der Waals surface area contributed by atoms with Crippen LogP contribution in [-0.2, 0) is 10.0 Å². The van der Waals surface area contributed by atoms with Gasteiger partial charge in [0.05, 0.1) is 4.90 Å². The first-order valence-corrected chi connectivity index (χ1v) is 8.40. The fourth-order valence-electron chi connectivity index (χ4n) is 2.41. The fourth-order valence-corrected chi connectivity index (χ4v) is 3.68. The Kier molecular flexibility index (Phi) is 4.95. The first-order chi connectivity index (χ1) is 9.51. The van der Waals surface area contributed by atoms with Gasteiger partial charge in [0, 0.05) is 31.4 Å². The van der Waals surface area contributed by atoms with Crippen molar-refractivity contribution in [1.82, 2.24) is 14.6 Å². The van der Waals surface area contributed by atoms with E-state index in [1.54, 1.807) is 6.07 Å². The van der Waals surface area contributed by atoms with Gasteiger partial charge in [-0.3, -0.25) is 0 Å². The van der Waals surface area contributed by atoms with E-state index < -0.39 is 10.0 Å². The monoisotopic (exact) mass is 298 g/mol. The van der Waals surface area contributed by atoms with Crippen LogP contribution in [0.25, 0.3) is 0 Å². The van der Waals surface area contributed by atoms with Gasteiger partial charge < -0.3 is 10.2 Å². The van der Waals surface area contributed by atoms with Crippen molar-refractivity contribution < 1.29 is 8.42 Å². The second-order valence-electron chi connectivity index (χ2n) is 5.13. The minimum absolute atomic E-state index is 0.0190. The average Bonchev–Trinajstić information content (AvgIpc) is 2.39. The van der Waals surface area contributed by atoms with E-state index in [0.717, 1.165) is 25.9 Å². The Morgan fingerprint density at radius 2 is 2.30 bits per heavy atom. The number of likely N-dealkylation sites (tertiary alicyclic amines) is 1. The average molecular weight is 298 g/mol. The van der Waals surface area contributed by atoms with E-state index in [9.17, 15) is 8.42 Å². The summed E-state index contributed by atoms with van der Waals surface area (Å²) < 4.78 is 27.5. The molecule has 1 atom stereocenters. The summed E-state index contributed by atoms with van der Waals surface area (Å²) in [6.07, 6.45) is 3.41. The molecule has 1 unspecified atom stereocenters. The minimum Gasteiger partial charge on any atom is -0.370 e. The topological polar surface area (TPSA) is 74.3 Å². The van der Waals surface area contributed by atoms with Crippen LogP contribution >= 0.6 is 0 Å². The van der Waals surface area contributed by atoms with Crippen LogP contribution in [0.15, 0.2) is 23.2 Å². The van der Waals surface area contributed by atoms with Crippen LogP contribution in [0, 0.1) is 0 Å². The summed E-state index contributed by atoms with van der Waals surface area (Å²) >= 11 is 0. The van der Waals surface area contributed by atoms with Crippen molar-refractivity contribution in [2.75, 3.05) is 32.0 Å². The number of aromatic nitrogens is 1. The lowest BCUT2D eigenvalue weighted by molar-refractivity contribution is 0.242. The molecule has 0 aromatic carbocycles. The van der Waals surface area contributed by atoms with Crippen molar-refractivity contribution in [2.45, 2.75) is 30.7 Å². The van der Waals surface area contributed by atoms with Crippen LogP contribution < -0.4 is 10.0 Å². The summed E-state index contributed by atoms with van der Waals surface area (Å²) in [7, 11) is -1.47. The number of pyridine rings is 1. The third-order valence-electron chi connectivity index (χ3n) is 3.35. The molecule has 20 heavy (non-hydrogen) atoms. The number of sulfonamides is 1. The van der Waals surface area contributed by atoms with Gasteiger partial charge in [-0.1, -0.05) is 0 Å². The van der Waals surface area contributed by atoms with Crippen molar-refractivity contribution in [1.29, 1.82) is 0 Å². The summed E-state index contributed by atoms with van der Waals surface area (Å²) in [4.78, 5) is 6.50. The number of hydrogen-bond donors (Lipinski definition) is 2. The quantitative estimate of drug-likeness (QED) is 0.844. The van der Waals surface area contributed by atoms with Crippen molar-refractivity contribution in [3.8, 4) is 0 Å². The van der Waals surface area contributed by atoms with Crippen LogP contribution in [0.2, 0.25) is 0 Å². The lowest BCUT2D eigenvalue weighted by atomic mass is 10.1. The second-order valence-corrected chi connectivity index (χ2v) is 6.84. The number of nitrogens with one attached hydrogen (secondary N) is 2. The molecular weight excluding hydrogens is 276 g/mol. The van der Waals surface area contributed by atoms with Crippen molar-refractivity contribution in [3.63, 3.8) is 0 Å².